The summed E-state index contributed by atoms with van der Waals surface area (Å²) < 4.78 is 0. The third kappa shape index (κ3) is 8.20. The third-order valence-electron chi connectivity index (χ3n) is 4.89. The summed E-state index contributed by atoms with van der Waals surface area (Å²) in [4.78, 5) is 23.1. The number of carbonyl (C=O) groups is 2. The normalized spacial score (nSPS) is 12.4. The summed E-state index contributed by atoms with van der Waals surface area (Å²) in [6.45, 7) is 8.21. The molecule has 2 rings (SSSR count). The number of aliphatic hydroxyl groups excluding tert-OH is 1. The van der Waals surface area contributed by atoms with Crippen LogP contribution >= 0.6 is 0 Å². The minimum atomic E-state index is -0.852. The van der Waals surface area contributed by atoms with Crippen LogP contribution in [0.15, 0.2) is 42.5 Å². The number of carbonyl (C=O) groups excluding carboxylic acids is 2. The van der Waals surface area contributed by atoms with Gasteiger partial charge in [0.15, 0.2) is 0 Å². The van der Waals surface area contributed by atoms with Crippen molar-refractivity contribution in [3.05, 3.63) is 59.2 Å². The lowest BCUT2D eigenvalue weighted by molar-refractivity contribution is -0.120. The highest BCUT2D eigenvalue weighted by atomic mass is 16.3. The molecular weight excluding hydrogens is 408 g/mol. The molecule has 8 nitrogen and oxygen atoms in total. The zero-order chi connectivity index (χ0) is 23.9. The average Bonchev–Trinajstić information content (AvgIpc) is 2.66. The highest BCUT2D eigenvalue weighted by Crippen LogP contribution is 2.27. The molecule has 0 aliphatic rings. The number of primary amides is 1. The molecule has 0 fully saturated rings. The van der Waals surface area contributed by atoms with E-state index in [0.29, 0.717) is 18.4 Å². The number of hydrogen-bond donors (Lipinski definition) is 6. The van der Waals surface area contributed by atoms with Crippen LogP contribution in [0.2, 0.25) is 0 Å². The highest BCUT2D eigenvalue weighted by Gasteiger charge is 2.21. The molecule has 7 N–H and O–H groups in total. The maximum atomic E-state index is 12.0. The van der Waals surface area contributed by atoms with Crippen molar-refractivity contribution in [2.45, 2.75) is 58.2 Å². The minimum absolute atomic E-state index is 0.00301. The van der Waals surface area contributed by atoms with Crippen LogP contribution in [-0.2, 0) is 17.6 Å². The van der Waals surface area contributed by atoms with Gasteiger partial charge in [-0.05, 0) is 62.9 Å². The molecule has 0 saturated heterocycles. The lowest BCUT2D eigenvalue weighted by Crippen LogP contribution is -2.43. The Labute approximate surface area is 189 Å². The number of aliphatic hydroxyl groups is 1. The van der Waals surface area contributed by atoms with E-state index < -0.39 is 12.1 Å². The Hall–Kier alpha value is -3.10. The van der Waals surface area contributed by atoms with Gasteiger partial charge in [-0.15, -0.1) is 0 Å². The SMILES string of the molecule is CC(C)NC(=O)Cc1cccc(CC(C)(C)NC[C@H](O)c2ccc(O)c(NC(N)=O)c2)c1. The minimum Gasteiger partial charge on any atom is -0.506 e. The Morgan fingerprint density at radius 1 is 1.09 bits per heavy atom. The summed E-state index contributed by atoms with van der Waals surface area (Å²) in [5, 5.41) is 29.0. The van der Waals surface area contributed by atoms with Crippen LogP contribution in [0.4, 0.5) is 10.5 Å². The quantitative estimate of drug-likeness (QED) is 0.314. The first kappa shape index (κ1) is 25.2. The number of phenolic OH excluding ortho intramolecular Hbond substituents is 1. The summed E-state index contributed by atoms with van der Waals surface area (Å²) >= 11 is 0. The molecule has 0 aliphatic heterocycles. The van der Waals surface area contributed by atoms with Crippen LogP contribution in [0.3, 0.4) is 0 Å². The molecular formula is C24H34N4O4. The van der Waals surface area contributed by atoms with E-state index in [4.69, 9.17) is 5.73 Å². The lowest BCUT2D eigenvalue weighted by atomic mass is 9.93. The number of anilines is 1. The van der Waals surface area contributed by atoms with E-state index in [0.717, 1.165) is 11.1 Å². The predicted molar refractivity (Wildman–Crippen MR) is 125 cm³/mol. The summed E-state index contributed by atoms with van der Waals surface area (Å²) in [6, 6.07) is 11.7. The van der Waals surface area contributed by atoms with Gasteiger partial charge in [-0.25, -0.2) is 4.79 Å². The standard InChI is InChI=1S/C24H34N4O4/c1-15(2)27-22(31)11-16-6-5-7-17(10-16)13-24(3,4)26-14-21(30)18-8-9-20(29)19(12-18)28-23(25)32/h5-10,12,15,21,26,29-30H,11,13-14H2,1-4H3,(H,27,31)(H3,25,28,32)/t21-/m0/s1. The molecule has 174 valence electrons. The molecule has 8 heteroatoms. The zero-order valence-corrected chi connectivity index (χ0v) is 19.1. The number of β-amino-alcohol motifs (C(OH)–C–C–N with tert-alkyl or cyclic N) is 1. The van der Waals surface area contributed by atoms with Gasteiger partial charge in [-0.2, -0.15) is 0 Å². The second-order valence-electron chi connectivity index (χ2n) is 8.94. The lowest BCUT2D eigenvalue weighted by Gasteiger charge is -2.28. The molecule has 2 aromatic rings. The Morgan fingerprint density at radius 3 is 2.44 bits per heavy atom. The van der Waals surface area contributed by atoms with E-state index in [2.05, 4.69) is 16.0 Å². The number of rotatable bonds is 10. The van der Waals surface area contributed by atoms with Gasteiger partial charge in [-0.1, -0.05) is 30.3 Å². The first-order valence-corrected chi connectivity index (χ1v) is 10.6. The zero-order valence-electron chi connectivity index (χ0n) is 19.1. The molecule has 0 saturated carbocycles. The summed E-state index contributed by atoms with van der Waals surface area (Å²) in [6.07, 6.45) is 0.180. The van der Waals surface area contributed by atoms with Crippen molar-refractivity contribution >= 4 is 17.6 Å². The average molecular weight is 443 g/mol. The number of benzene rings is 2. The fourth-order valence-corrected chi connectivity index (χ4v) is 3.47. The number of amides is 3. The monoisotopic (exact) mass is 442 g/mol. The van der Waals surface area contributed by atoms with Crippen molar-refractivity contribution in [2.24, 2.45) is 5.73 Å². The topological polar surface area (TPSA) is 137 Å². The molecule has 0 aliphatic carbocycles. The van der Waals surface area contributed by atoms with Gasteiger partial charge in [0.05, 0.1) is 18.2 Å². The van der Waals surface area contributed by atoms with Crippen LogP contribution in [-0.4, -0.2) is 40.3 Å². The fourth-order valence-electron chi connectivity index (χ4n) is 3.47. The molecule has 2 aromatic carbocycles. The van der Waals surface area contributed by atoms with Crippen molar-refractivity contribution < 1.29 is 19.8 Å². The molecule has 0 bridgehead atoms. The van der Waals surface area contributed by atoms with E-state index in [-0.39, 0.29) is 35.5 Å². The van der Waals surface area contributed by atoms with E-state index >= 15 is 0 Å². The van der Waals surface area contributed by atoms with E-state index in [9.17, 15) is 19.8 Å². The van der Waals surface area contributed by atoms with Gasteiger partial charge < -0.3 is 31.9 Å². The van der Waals surface area contributed by atoms with Crippen LogP contribution in [0.5, 0.6) is 5.75 Å². The third-order valence-corrected chi connectivity index (χ3v) is 4.89. The molecule has 0 spiro atoms. The second-order valence-corrected chi connectivity index (χ2v) is 8.94. The maximum absolute atomic E-state index is 12.0. The number of aromatic hydroxyl groups is 1. The van der Waals surface area contributed by atoms with E-state index in [1.807, 2.05) is 52.0 Å². The number of urea groups is 1. The van der Waals surface area contributed by atoms with Gasteiger partial charge in [0, 0.05) is 18.1 Å². The summed E-state index contributed by atoms with van der Waals surface area (Å²) in [5.74, 6) is -0.133. The van der Waals surface area contributed by atoms with Gasteiger partial charge in [-0.3, -0.25) is 4.79 Å². The van der Waals surface area contributed by atoms with E-state index in [1.54, 1.807) is 6.07 Å². The Kier molecular flexibility index (Phi) is 8.63. The first-order valence-electron chi connectivity index (χ1n) is 10.6. The highest BCUT2D eigenvalue weighted by molar-refractivity contribution is 5.89. The molecule has 0 unspecified atom stereocenters. The molecule has 3 amide bonds. The van der Waals surface area contributed by atoms with Gasteiger partial charge >= 0.3 is 6.03 Å². The Morgan fingerprint density at radius 2 is 1.78 bits per heavy atom. The summed E-state index contributed by atoms with van der Waals surface area (Å²) in [7, 11) is 0. The number of phenols is 1. The molecule has 0 heterocycles. The van der Waals surface area contributed by atoms with E-state index in [1.165, 1.54) is 12.1 Å². The molecule has 1 atom stereocenters. The van der Waals surface area contributed by atoms with Crippen LogP contribution in [0.1, 0.15) is 50.5 Å². The second kappa shape index (κ2) is 11.0. The van der Waals surface area contributed by atoms with Crippen LogP contribution < -0.4 is 21.7 Å². The smallest absolute Gasteiger partial charge is 0.316 e. The first-order chi connectivity index (χ1) is 14.9. The van der Waals surface area contributed by atoms with Crippen molar-refractivity contribution in [1.82, 2.24) is 10.6 Å². The molecule has 0 aromatic heterocycles. The molecule has 32 heavy (non-hydrogen) atoms. The molecule has 0 radical (unpaired) electrons. The van der Waals surface area contributed by atoms with Crippen molar-refractivity contribution in [3.8, 4) is 5.75 Å². The number of hydrogen-bond acceptors (Lipinski definition) is 5. The van der Waals surface area contributed by atoms with Crippen molar-refractivity contribution in [3.63, 3.8) is 0 Å². The maximum Gasteiger partial charge on any atom is 0.316 e. The van der Waals surface area contributed by atoms with Crippen molar-refractivity contribution in [2.75, 3.05) is 11.9 Å². The van der Waals surface area contributed by atoms with Gasteiger partial charge in [0.2, 0.25) is 5.91 Å². The van der Waals surface area contributed by atoms with Gasteiger partial charge in [0.25, 0.3) is 0 Å². The van der Waals surface area contributed by atoms with Crippen LogP contribution in [0.25, 0.3) is 0 Å². The summed E-state index contributed by atoms with van der Waals surface area (Å²) in [5.41, 5.74) is 7.50. The Balaban J connectivity index is 1.98. The fraction of sp³-hybridized carbons (Fsp3) is 0.417. The Bertz CT molecular complexity index is 943. The van der Waals surface area contributed by atoms with Gasteiger partial charge in [0.1, 0.15) is 5.75 Å². The van der Waals surface area contributed by atoms with Crippen LogP contribution in [0, 0.1) is 0 Å². The predicted octanol–water partition coefficient (Wildman–Crippen LogP) is 2.59. The van der Waals surface area contributed by atoms with Crippen molar-refractivity contribution in [1.29, 1.82) is 0 Å². The largest absolute Gasteiger partial charge is 0.506 e. The number of nitrogens with two attached hydrogens (primary N) is 1. The number of nitrogens with one attached hydrogen (secondary N) is 3.